The third kappa shape index (κ3) is 4.80. The Balaban J connectivity index is 2.00. The van der Waals surface area contributed by atoms with Crippen LogP contribution in [0.25, 0.3) is 0 Å². The summed E-state index contributed by atoms with van der Waals surface area (Å²) >= 11 is 0. The van der Waals surface area contributed by atoms with Crippen molar-refractivity contribution in [3.63, 3.8) is 0 Å². The van der Waals surface area contributed by atoms with Gasteiger partial charge in [0.1, 0.15) is 17.6 Å². The van der Waals surface area contributed by atoms with Gasteiger partial charge in [0.2, 0.25) is 16.0 Å². The molecule has 1 aromatic carbocycles. The van der Waals surface area contributed by atoms with E-state index in [2.05, 4.69) is 15.6 Å². The lowest BCUT2D eigenvalue weighted by Crippen LogP contribution is -2.62. The Morgan fingerprint density at radius 3 is 2.76 bits per heavy atom. The molecule has 1 aliphatic rings. The number of rotatable bonds is 6. The molecule has 11 heteroatoms. The van der Waals surface area contributed by atoms with E-state index in [4.69, 9.17) is 10.7 Å². The lowest BCUT2D eigenvalue weighted by atomic mass is 9.85. The Morgan fingerprint density at radius 1 is 1.42 bits per heavy atom. The third-order valence-electron chi connectivity index (χ3n) is 5.64. The summed E-state index contributed by atoms with van der Waals surface area (Å²) in [5.41, 5.74) is -0.108. The van der Waals surface area contributed by atoms with Crippen LogP contribution < -0.4 is 10.6 Å². The molecule has 1 aromatic heterocycles. The highest BCUT2D eigenvalue weighted by molar-refractivity contribution is 7.89. The number of guanidine groups is 1. The monoisotopic (exact) mass is 472 g/mol. The molecule has 0 radical (unpaired) electrons. The molecule has 3 rings (SSSR count). The number of aromatic nitrogens is 1. The highest BCUT2D eigenvalue weighted by atomic mass is 32.2. The van der Waals surface area contributed by atoms with Gasteiger partial charge in [-0.2, -0.15) is 5.26 Å². The Labute approximate surface area is 192 Å². The van der Waals surface area contributed by atoms with Crippen LogP contribution in [0.4, 0.5) is 10.1 Å². The molecule has 3 N–H and O–H groups in total. The van der Waals surface area contributed by atoms with Crippen LogP contribution >= 0.6 is 0 Å². The molecule has 0 aliphatic carbocycles. The molecule has 1 atom stereocenters. The van der Waals surface area contributed by atoms with E-state index in [1.54, 1.807) is 6.92 Å². The molecule has 1 fully saturated rings. The van der Waals surface area contributed by atoms with E-state index in [1.165, 1.54) is 31.4 Å². The number of nitriles is 1. The number of carbonyl (C=O) groups is 1. The lowest BCUT2D eigenvalue weighted by molar-refractivity contribution is 0.102. The highest BCUT2D eigenvalue weighted by Gasteiger charge is 2.46. The largest absolute Gasteiger partial charge is 0.345 e. The highest BCUT2D eigenvalue weighted by Crippen LogP contribution is 2.36. The van der Waals surface area contributed by atoms with Gasteiger partial charge in [0, 0.05) is 24.5 Å². The maximum Gasteiger partial charge on any atom is 0.274 e. The third-order valence-corrected chi connectivity index (χ3v) is 7.51. The minimum absolute atomic E-state index is 0.0553. The van der Waals surface area contributed by atoms with Crippen LogP contribution in [0.3, 0.4) is 0 Å². The topological polar surface area (TPSA) is 139 Å². The normalized spacial score (nSPS) is 19.5. The standard InChI is InChI=1S/C22H25FN6O3S/c1-4-5-8-22(13-33(31,32)29(3)21(25)28-22)17-10-16(6-7-18(17)23)27-20(30)19-14(2)9-15(11-24)12-26-19/h6-7,9-10,12H,4-5,8,13H2,1-3H3,(H2,25,28)(H,27,30)/t22-/m0/s1. The molecule has 2 aromatic rings. The number of unbranched alkanes of at least 4 members (excludes halogenated alkanes) is 1. The van der Waals surface area contributed by atoms with E-state index < -0.39 is 33.0 Å². The number of nitrogens with one attached hydrogen (secondary N) is 3. The molecule has 9 nitrogen and oxygen atoms in total. The van der Waals surface area contributed by atoms with Crippen LogP contribution in [0.5, 0.6) is 0 Å². The van der Waals surface area contributed by atoms with Gasteiger partial charge in [-0.1, -0.05) is 19.8 Å². The Kier molecular flexibility index (Phi) is 6.69. The second-order valence-corrected chi connectivity index (χ2v) is 10.0. The quantitative estimate of drug-likeness (QED) is 0.591. The Hall–Kier alpha value is -3.52. The predicted molar refractivity (Wildman–Crippen MR) is 122 cm³/mol. The summed E-state index contributed by atoms with van der Waals surface area (Å²) in [5.74, 6) is -1.96. The summed E-state index contributed by atoms with van der Waals surface area (Å²) in [4.78, 5) is 16.8. The number of anilines is 1. The van der Waals surface area contributed by atoms with Crippen LogP contribution in [0, 0.1) is 29.5 Å². The van der Waals surface area contributed by atoms with Gasteiger partial charge in [0.05, 0.1) is 16.9 Å². The van der Waals surface area contributed by atoms with Crippen molar-refractivity contribution in [1.82, 2.24) is 14.6 Å². The lowest BCUT2D eigenvalue weighted by Gasteiger charge is -2.43. The van der Waals surface area contributed by atoms with Crippen LogP contribution in [-0.2, 0) is 15.6 Å². The first kappa shape index (κ1) is 24.1. The van der Waals surface area contributed by atoms with Crippen molar-refractivity contribution in [2.24, 2.45) is 0 Å². The second-order valence-electron chi connectivity index (χ2n) is 8.03. The Bertz CT molecular complexity index is 1260. The SMILES string of the molecule is CCCC[C@@]1(c2cc(NC(=O)c3ncc(C#N)cc3C)ccc2F)CS(=O)(=O)N(C)C(=N)N1. The first-order valence-corrected chi connectivity index (χ1v) is 12.0. The molecule has 1 saturated heterocycles. The first-order valence-electron chi connectivity index (χ1n) is 10.3. The number of pyridine rings is 1. The molecule has 174 valence electrons. The van der Waals surface area contributed by atoms with Crippen molar-refractivity contribution in [1.29, 1.82) is 10.7 Å². The maximum atomic E-state index is 15.0. The van der Waals surface area contributed by atoms with Crippen LogP contribution in [0.1, 0.15) is 53.4 Å². The molecule has 2 heterocycles. The number of hydrogen-bond acceptors (Lipinski definition) is 6. The van der Waals surface area contributed by atoms with Crippen molar-refractivity contribution < 1.29 is 17.6 Å². The van der Waals surface area contributed by atoms with Gasteiger partial charge in [0.25, 0.3) is 5.91 Å². The molecule has 33 heavy (non-hydrogen) atoms. The summed E-state index contributed by atoms with van der Waals surface area (Å²) in [7, 11) is -2.58. The van der Waals surface area contributed by atoms with Crippen molar-refractivity contribution in [2.45, 2.75) is 38.6 Å². The number of sulfonamides is 1. The molecule has 0 unspecified atom stereocenters. The molecule has 0 bridgehead atoms. The zero-order chi connectivity index (χ0) is 24.4. The number of amides is 1. The number of nitrogens with zero attached hydrogens (tertiary/aromatic N) is 3. The van der Waals surface area contributed by atoms with Crippen molar-refractivity contribution in [3.05, 3.63) is 58.7 Å². The number of aryl methyl sites for hydroxylation is 1. The summed E-state index contributed by atoms with van der Waals surface area (Å²) in [6.07, 6.45) is 2.92. The summed E-state index contributed by atoms with van der Waals surface area (Å²) < 4.78 is 41.3. The van der Waals surface area contributed by atoms with Gasteiger partial charge in [-0.3, -0.25) is 10.2 Å². The van der Waals surface area contributed by atoms with E-state index in [0.717, 1.165) is 16.8 Å². The zero-order valence-electron chi connectivity index (χ0n) is 18.6. The van der Waals surface area contributed by atoms with Gasteiger partial charge in [-0.15, -0.1) is 0 Å². The van der Waals surface area contributed by atoms with Crippen molar-refractivity contribution in [2.75, 3.05) is 18.1 Å². The summed E-state index contributed by atoms with van der Waals surface area (Å²) in [5, 5.41) is 22.6. The summed E-state index contributed by atoms with van der Waals surface area (Å²) in [6.45, 7) is 3.58. The zero-order valence-corrected chi connectivity index (χ0v) is 19.4. The van der Waals surface area contributed by atoms with E-state index in [-0.39, 0.29) is 29.3 Å². The van der Waals surface area contributed by atoms with Gasteiger partial charge in [0.15, 0.2) is 0 Å². The number of hydrogen-bond donors (Lipinski definition) is 3. The second kappa shape index (κ2) is 9.15. The molecule has 0 spiro atoms. The minimum atomic E-state index is -3.85. The van der Waals surface area contributed by atoms with Gasteiger partial charge >= 0.3 is 0 Å². The van der Waals surface area contributed by atoms with E-state index in [0.29, 0.717) is 17.5 Å². The smallest absolute Gasteiger partial charge is 0.274 e. The van der Waals surface area contributed by atoms with Crippen molar-refractivity contribution >= 4 is 27.6 Å². The fraction of sp³-hybridized carbons (Fsp3) is 0.364. The van der Waals surface area contributed by atoms with E-state index in [1.807, 2.05) is 13.0 Å². The fourth-order valence-corrected chi connectivity index (χ4v) is 5.33. The molecule has 1 amide bonds. The van der Waals surface area contributed by atoms with E-state index >= 15 is 4.39 Å². The van der Waals surface area contributed by atoms with Gasteiger partial charge in [-0.25, -0.2) is 22.1 Å². The molecular formula is C22H25FN6O3S. The fourth-order valence-electron chi connectivity index (χ4n) is 3.82. The maximum absolute atomic E-state index is 15.0. The average molecular weight is 473 g/mol. The average Bonchev–Trinajstić information content (AvgIpc) is 2.76. The number of benzene rings is 1. The predicted octanol–water partition coefficient (Wildman–Crippen LogP) is 2.84. The van der Waals surface area contributed by atoms with Gasteiger partial charge < -0.3 is 10.6 Å². The molecular weight excluding hydrogens is 447 g/mol. The van der Waals surface area contributed by atoms with Gasteiger partial charge in [-0.05, 0) is 43.2 Å². The van der Waals surface area contributed by atoms with Crippen LogP contribution in [-0.4, -0.2) is 42.4 Å². The first-order chi connectivity index (χ1) is 15.5. The Morgan fingerprint density at radius 2 is 2.15 bits per heavy atom. The number of carbonyl (C=O) groups excluding carboxylic acids is 1. The van der Waals surface area contributed by atoms with E-state index in [9.17, 15) is 13.2 Å². The van der Waals surface area contributed by atoms with Crippen LogP contribution in [0.15, 0.2) is 30.5 Å². The summed E-state index contributed by atoms with van der Waals surface area (Å²) in [6, 6.07) is 7.42. The van der Waals surface area contributed by atoms with Crippen LogP contribution in [0.2, 0.25) is 0 Å². The van der Waals surface area contributed by atoms with Crippen molar-refractivity contribution in [3.8, 4) is 6.07 Å². The number of halogens is 1. The minimum Gasteiger partial charge on any atom is -0.345 e. The molecule has 0 saturated carbocycles. The molecule has 1 aliphatic heterocycles.